The predicted octanol–water partition coefficient (Wildman–Crippen LogP) is 4.87. The molecule has 3 heteroatoms. The number of carboxylic acid groups (broad SMARTS) is 1. The Labute approximate surface area is 159 Å². The zero-order valence-corrected chi connectivity index (χ0v) is 15.7. The number of aromatic carboxylic acids is 1. The van der Waals surface area contributed by atoms with Gasteiger partial charge in [0.05, 0.1) is 11.7 Å². The van der Waals surface area contributed by atoms with Crippen LogP contribution in [0.25, 0.3) is 0 Å². The van der Waals surface area contributed by atoms with Gasteiger partial charge in [0.25, 0.3) is 0 Å². The van der Waals surface area contributed by atoms with Crippen molar-refractivity contribution in [3.8, 4) is 0 Å². The van der Waals surface area contributed by atoms with E-state index in [2.05, 4.69) is 26.0 Å². The van der Waals surface area contributed by atoms with Crippen molar-refractivity contribution in [2.75, 3.05) is 0 Å². The number of carbonyl (C=O) groups is 1. The molecule has 0 aromatic heterocycles. The van der Waals surface area contributed by atoms with Crippen LogP contribution in [-0.4, -0.2) is 16.2 Å². The minimum absolute atomic E-state index is 0.288. The molecule has 27 heavy (non-hydrogen) atoms. The molecule has 0 saturated carbocycles. The molecule has 0 bridgehead atoms. The number of aliphatic hydroxyl groups excluding tert-OH is 1. The summed E-state index contributed by atoms with van der Waals surface area (Å²) in [5.74, 6) is -0.918. The number of aliphatic hydroxyl groups is 1. The summed E-state index contributed by atoms with van der Waals surface area (Å²) in [6, 6.07) is 15.2. The smallest absolute Gasteiger partial charge is 0.335 e. The molecule has 0 spiro atoms. The Morgan fingerprint density at radius 3 is 2.41 bits per heavy atom. The van der Waals surface area contributed by atoms with Crippen LogP contribution in [-0.2, 0) is 12.8 Å². The lowest BCUT2D eigenvalue weighted by atomic mass is 9.70. The third-order valence-electron chi connectivity index (χ3n) is 6.26. The Morgan fingerprint density at radius 2 is 1.81 bits per heavy atom. The number of benzene rings is 2. The number of hydrogen-bond donors (Lipinski definition) is 2. The molecule has 2 unspecified atom stereocenters. The minimum Gasteiger partial charge on any atom is -0.478 e. The largest absolute Gasteiger partial charge is 0.478 e. The van der Waals surface area contributed by atoms with Gasteiger partial charge in [-0.05, 0) is 61.9 Å². The van der Waals surface area contributed by atoms with Gasteiger partial charge in [-0.1, -0.05) is 59.2 Å². The van der Waals surface area contributed by atoms with E-state index in [-0.39, 0.29) is 11.0 Å². The van der Waals surface area contributed by atoms with E-state index >= 15 is 0 Å². The molecular formula is C24H24O3. The van der Waals surface area contributed by atoms with E-state index in [4.69, 9.17) is 5.11 Å². The van der Waals surface area contributed by atoms with Crippen LogP contribution < -0.4 is 0 Å². The van der Waals surface area contributed by atoms with Gasteiger partial charge in [-0.3, -0.25) is 0 Å². The molecule has 2 aliphatic rings. The van der Waals surface area contributed by atoms with Crippen LogP contribution in [0.3, 0.4) is 0 Å². The van der Waals surface area contributed by atoms with Gasteiger partial charge in [0, 0.05) is 5.41 Å². The van der Waals surface area contributed by atoms with Crippen LogP contribution in [0.1, 0.15) is 53.4 Å². The first-order valence-corrected chi connectivity index (χ1v) is 9.36. The maximum Gasteiger partial charge on any atom is 0.335 e. The summed E-state index contributed by atoms with van der Waals surface area (Å²) < 4.78 is 0. The van der Waals surface area contributed by atoms with Gasteiger partial charge < -0.3 is 10.2 Å². The lowest BCUT2D eigenvalue weighted by Crippen LogP contribution is -2.31. The molecular weight excluding hydrogens is 336 g/mol. The quantitative estimate of drug-likeness (QED) is 0.818. The fraction of sp³-hybridized carbons (Fsp3) is 0.292. The molecule has 2 aromatic carbocycles. The van der Waals surface area contributed by atoms with Gasteiger partial charge in [-0.2, -0.15) is 0 Å². The summed E-state index contributed by atoms with van der Waals surface area (Å²) in [6.07, 6.45) is 4.07. The topological polar surface area (TPSA) is 57.5 Å². The Bertz CT molecular complexity index is 965. The first-order valence-electron chi connectivity index (χ1n) is 9.36. The summed E-state index contributed by atoms with van der Waals surface area (Å²) in [4.78, 5) is 11.1. The molecule has 2 atom stereocenters. The third kappa shape index (κ3) is 2.92. The lowest BCUT2D eigenvalue weighted by Gasteiger charge is -2.35. The minimum atomic E-state index is -0.918. The maximum atomic E-state index is 11.4. The van der Waals surface area contributed by atoms with Gasteiger partial charge >= 0.3 is 5.97 Å². The fourth-order valence-electron chi connectivity index (χ4n) is 4.57. The van der Waals surface area contributed by atoms with E-state index in [1.807, 2.05) is 30.3 Å². The van der Waals surface area contributed by atoms with Gasteiger partial charge in [-0.25, -0.2) is 4.79 Å². The van der Waals surface area contributed by atoms with Gasteiger partial charge in [0.15, 0.2) is 0 Å². The van der Waals surface area contributed by atoms with Crippen molar-refractivity contribution in [1.29, 1.82) is 0 Å². The molecule has 4 rings (SSSR count). The van der Waals surface area contributed by atoms with Crippen LogP contribution >= 0.6 is 0 Å². The molecule has 138 valence electrons. The van der Waals surface area contributed by atoms with Crippen LogP contribution in [0.2, 0.25) is 0 Å². The van der Waals surface area contributed by atoms with Crippen LogP contribution in [0, 0.1) is 5.41 Å². The van der Waals surface area contributed by atoms with Crippen molar-refractivity contribution in [3.05, 3.63) is 93.6 Å². The van der Waals surface area contributed by atoms with Crippen molar-refractivity contribution in [1.82, 2.24) is 0 Å². The molecule has 2 aromatic rings. The number of fused-ring (bicyclic) bond motifs is 1. The molecule has 0 heterocycles. The molecule has 2 aliphatic carbocycles. The molecule has 0 amide bonds. The summed E-state index contributed by atoms with van der Waals surface area (Å²) in [6.45, 7) is 4.29. The average molecular weight is 360 g/mol. The van der Waals surface area contributed by atoms with E-state index in [1.54, 1.807) is 12.1 Å². The Balaban J connectivity index is 1.74. The summed E-state index contributed by atoms with van der Waals surface area (Å²) in [5.41, 5.74) is 7.10. The van der Waals surface area contributed by atoms with Crippen molar-refractivity contribution < 1.29 is 15.0 Å². The van der Waals surface area contributed by atoms with Crippen LogP contribution in [0.5, 0.6) is 0 Å². The molecule has 0 aliphatic heterocycles. The van der Waals surface area contributed by atoms with Gasteiger partial charge in [0.1, 0.15) is 0 Å². The van der Waals surface area contributed by atoms with Gasteiger partial charge in [0.2, 0.25) is 0 Å². The van der Waals surface area contributed by atoms with E-state index in [9.17, 15) is 9.90 Å². The third-order valence-corrected chi connectivity index (χ3v) is 6.26. The first-order chi connectivity index (χ1) is 12.9. The molecule has 0 radical (unpaired) electrons. The fourth-order valence-corrected chi connectivity index (χ4v) is 4.57. The van der Waals surface area contributed by atoms with E-state index in [1.165, 1.54) is 22.3 Å². The first kappa shape index (κ1) is 17.7. The standard InChI is InChI=1S/C24H24O3/c1-15-11-20(12-16(15)2)24(13-17-7-9-18(10-8-17)23(26)27)14-19-5-3-4-6-21(19)22(24)25/h3-11,22,25H,12-14H2,1-2H3,(H,26,27). The number of carboxylic acids is 1. The zero-order chi connectivity index (χ0) is 19.2. The van der Waals surface area contributed by atoms with Gasteiger partial charge in [-0.15, -0.1) is 0 Å². The second-order valence-electron chi connectivity index (χ2n) is 7.92. The average Bonchev–Trinajstić information content (AvgIpc) is 3.14. The molecule has 0 saturated heterocycles. The predicted molar refractivity (Wildman–Crippen MR) is 106 cm³/mol. The summed E-state index contributed by atoms with van der Waals surface area (Å²) >= 11 is 0. The lowest BCUT2D eigenvalue weighted by molar-refractivity contribution is 0.0642. The number of hydrogen-bond acceptors (Lipinski definition) is 2. The summed E-state index contributed by atoms with van der Waals surface area (Å²) in [5, 5.41) is 20.5. The monoisotopic (exact) mass is 360 g/mol. The van der Waals surface area contributed by atoms with Crippen molar-refractivity contribution >= 4 is 5.97 Å². The Kier molecular flexibility index (Phi) is 4.27. The van der Waals surface area contributed by atoms with E-state index in [0.717, 1.165) is 24.0 Å². The number of rotatable bonds is 4. The normalized spacial score (nSPS) is 24.1. The highest BCUT2D eigenvalue weighted by molar-refractivity contribution is 5.87. The SMILES string of the molecule is CC1=C(C)CC(C2(Cc3ccc(C(=O)O)cc3)Cc3ccccc3C2O)=C1. The van der Waals surface area contributed by atoms with E-state index < -0.39 is 12.1 Å². The maximum absolute atomic E-state index is 11.4. The second kappa shape index (κ2) is 6.50. The van der Waals surface area contributed by atoms with E-state index in [0.29, 0.717) is 6.42 Å². The van der Waals surface area contributed by atoms with Crippen molar-refractivity contribution in [2.45, 2.75) is 39.2 Å². The highest BCUT2D eigenvalue weighted by Crippen LogP contribution is 2.55. The summed E-state index contributed by atoms with van der Waals surface area (Å²) in [7, 11) is 0. The molecule has 0 fully saturated rings. The van der Waals surface area contributed by atoms with Crippen molar-refractivity contribution in [3.63, 3.8) is 0 Å². The molecule has 3 nitrogen and oxygen atoms in total. The zero-order valence-electron chi connectivity index (χ0n) is 15.7. The van der Waals surface area contributed by atoms with Crippen molar-refractivity contribution in [2.24, 2.45) is 5.41 Å². The molecule has 2 N–H and O–H groups in total. The Hall–Kier alpha value is -2.65. The highest BCUT2D eigenvalue weighted by Gasteiger charge is 2.48. The second-order valence-corrected chi connectivity index (χ2v) is 7.92. The number of allylic oxidation sites excluding steroid dienone is 3. The van der Waals surface area contributed by atoms with Crippen LogP contribution in [0.15, 0.2) is 71.3 Å². The van der Waals surface area contributed by atoms with Crippen LogP contribution in [0.4, 0.5) is 0 Å². The highest BCUT2D eigenvalue weighted by atomic mass is 16.4. The Morgan fingerprint density at radius 1 is 1.11 bits per heavy atom.